The van der Waals surface area contributed by atoms with Crippen LogP contribution in [0.4, 0.5) is 0 Å². The first-order valence-electron chi connectivity index (χ1n) is 9.35. The van der Waals surface area contributed by atoms with Gasteiger partial charge in [-0.3, -0.25) is 4.79 Å². The predicted octanol–water partition coefficient (Wildman–Crippen LogP) is 3.93. The van der Waals surface area contributed by atoms with Crippen LogP contribution >= 0.6 is 0 Å². The standard InChI is InChI=1S/C20H30BNO2/c1-2-3-13-20(21,19(23)24)18-11-15-22(16-12-18)14-7-10-17-8-5-4-6-9-17/h4-6,8-9,18H,2-3,7,10-16H2,1H3,(H,23,24). The molecule has 1 heterocycles. The Balaban J connectivity index is 1.76. The van der Waals surface area contributed by atoms with Gasteiger partial charge in [0.1, 0.15) is 0 Å². The molecule has 0 amide bonds. The van der Waals surface area contributed by atoms with E-state index in [2.05, 4.69) is 36.1 Å². The highest BCUT2D eigenvalue weighted by Gasteiger charge is 2.41. The Bertz CT molecular complexity index is 500. The smallest absolute Gasteiger partial charge is 0.300 e. The van der Waals surface area contributed by atoms with Crippen LogP contribution in [0.5, 0.6) is 0 Å². The number of carboxylic acid groups (broad SMARTS) is 1. The second-order valence-electron chi connectivity index (χ2n) is 7.15. The molecule has 24 heavy (non-hydrogen) atoms. The molecule has 0 aromatic heterocycles. The summed E-state index contributed by atoms with van der Waals surface area (Å²) >= 11 is 0. The van der Waals surface area contributed by atoms with Gasteiger partial charge in [-0.2, -0.15) is 0 Å². The molecule has 2 radical (unpaired) electrons. The number of hydrogen-bond acceptors (Lipinski definition) is 2. The summed E-state index contributed by atoms with van der Waals surface area (Å²) in [5.74, 6) is -0.717. The van der Waals surface area contributed by atoms with Crippen LogP contribution in [0.1, 0.15) is 51.0 Å². The Morgan fingerprint density at radius 3 is 2.50 bits per heavy atom. The van der Waals surface area contributed by atoms with Gasteiger partial charge in [-0.15, -0.1) is 0 Å². The number of hydrogen-bond donors (Lipinski definition) is 1. The summed E-state index contributed by atoms with van der Waals surface area (Å²) in [6, 6.07) is 10.6. The first-order chi connectivity index (χ1) is 11.6. The van der Waals surface area contributed by atoms with Crippen LogP contribution in [0.25, 0.3) is 0 Å². The third kappa shape index (κ3) is 5.10. The maximum Gasteiger partial charge on any atom is 0.300 e. The molecule has 1 unspecified atom stereocenters. The van der Waals surface area contributed by atoms with Crippen molar-refractivity contribution < 1.29 is 9.90 Å². The van der Waals surface area contributed by atoms with E-state index in [1.165, 1.54) is 5.56 Å². The van der Waals surface area contributed by atoms with Crippen molar-refractivity contribution in [3.63, 3.8) is 0 Å². The van der Waals surface area contributed by atoms with Gasteiger partial charge in [0, 0.05) is 5.31 Å². The van der Waals surface area contributed by atoms with Crippen LogP contribution in [0, 0.1) is 5.92 Å². The summed E-state index contributed by atoms with van der Waals surface area (Å²) < 4.78 is 0. The molecule has 130 valence electrons. The minimum Gasteiger partial charge on any atom is -0.481 e. The number of aryl methyl sites for hydroxylation is 1. The van der Waals surface area contributed by atoms with Gasteiger partial charge in [0.2, 0.25) is 0 Å². The number of nitrogens with zero attached hydrogens (tertiary/aromatic N) is 1. The minimum atomic E-state index is -1.04. The summed E-state index contributed by atoms with van der Waals surface area (Å²) in [6.45, 7) is 5.11. The van der Waals surface area contributed by atoms with Crippen molar-refractivity contribution >= 4 is 13.8 Å². The number of piperidine rings is 1. The summed E-state index contributed by atoms with van der Waals surface area (Å²) in [4.78, 5) is 14.2. The van der Waals surface area contributed by atoms with Crippen molar-refractivity contribution in [3.05, 3.63) is 35.9 Å². The van der Waals surface area contributed by atoms with Crippen LogP contribution in [-0.4, -0.2) is 43.5 Å². The van der Waals surface area contributed by atoms with Crippen LogP contribution in [0.3, 0.4) is 0 Å². The van der Waals surface area contributed by atoms with Gasteiger partial charge in [0.05, 0.1) is 7.85 Å². The molecule has 1 aliphatic rings. The molecule has 1 aliphatic heterocycles. The van der Waals surface area contributed by atoms with E-state index in [1.54, 1.807) is 0 Å². The van der Waals surface area contributed by atoms with E-state index in [0.29, 0.717) is 6.42 Å². The van der Waals surface area contributed by atoms with Gasteiger partial charge in [-0.05, 0) is 63.2 Å². The Kier molecular flexibility index (Phi) is 7.35. The molecule has 1 atom stereocenters. The maximum absolute atomic E-state index is 11.7. The number of unbranched alkanes of at least 4 members (excludes halogenated alkanes) is 1. The van der Waals surface area contributed by atoms with Gasteiger partial charge in [0.15, 0.2) is 0 Å². The molecule has 0 saturated carbocycles. The lowest BCUT2D eigenvalue weighted by Gasteiger charge is -2.41. The quantitative estimate of drug-likeness (QED) is 0.699. The number of likely N-dealkylation sites (tertiary alicyclic amines) is 1. The molecule has 1 aromatic rings. The van der Waals surface area contributed by atoms with Crippen LogP contribution in [-0.2, 0) is 11.2 Å². The highest BCUT2D eigenvalue weighted by molar-refractivity contribution is 6.26. The van der Waals surface area contributed by atoms with Gasteiger partial charge in [-0.25, -0.2) is 0 Å². The lowest BCUT2D eigenvalue weighted by molar-refractivity contribution is -0.143. The van der Waals surface area contributed by atoms with Crippen molar-refractivity contribution in [1.82, 2.24) is 4.90 Å². The number of aliphatic carboxylic acids is 1. The van der Waals surface area contributed by atoms with Gasteiger partial charge < -0.3 is 10.0 Å². The van der Waals surface area contributed by atoms with Crippen LogP contribution < -0.4 is 0 Å². The van der Waals surface area contributed by atoms with Crippen LogP contribution in [0.15, 0.2) is 30.3 Å². The fourth-order valence-electron chi connectivity index (χ4n) is 3.78. The van der Waals surface area contributed by atoms with Gasteiger partial charge >= 0.3 is 5.97 Å². The Labute approximate surface area is 147 Å². The van der Waals surface area contributed by atoms with Crippen molar-refractivity contribution in [3.8, 4) is 0 Å². The molecule has 0 aliphatic carbocycles. The molecule has 1 fully saturated rings. The molecule has 1 N–H and O–H groups in total. The zero-order valence-electron chi connectivity index (χ0n) is 14.9. The predicted molar refractivity (Wildman–Crippen MR) is 99.5 cm³/mol. The fourth-order valence-corrected chi connectivity index (χ4v) is 3.78. The Morgan fingerprint density at radius 1 is 1.25 bits per heavy atom. The first-order valence-corrected chi connectivity index (χ1v) is 9.35. The number of carboxylic acids is 1. The molecule has 4 heteroatoms. The third-order valence-electron chi connectivity index (χ3n) is 5.44. The fraction of sp³-hybridized carbons (Fsp3) is 0.650. The lowest BCUT2D eigenvalue weighted by Crippen LogP contribution is -2.42. The van der Waals surface area contributed by atoms with E-state index in [-0.39, 0.29) is 5.92 Å². The molecular formula is C20H30BNO2. The molecule has 1 aromatic carbocycles. The summed E-state index contributed by atoms with van der Waals surface area (Å²) in [5.41, 5.74) is 1.39. The monoisotopic (exact) mass is 327 g/mol. The van der Waals surface area contributed by atoms with E-state index in [4.69, 9.17) is 7.85 Å². The van der Waals surface area contributed by atoms with E-state index >= 15 is 0 Å². The van der Waals surface area contributed by atoms with Gasteiger partial charge in [0.25, 0.3) is 0 Å². The SMILES string of the molecule is [B]C(CCCC)(C(=O)O)C1CCN(CCCc2ccccc2)CC1. The molecule has 2 rings (SSSR count). The highest BCUT2D eigenvalue weighted by atomic mass is 16.4. The van der Waals surface area contributed by atoms with Crippen LogP contribution in [0.2, 0.25) is 5.31 Å². The van der Waals surface area contributed by atoms with Gasteiger partial charge in [-0.1, -0.05) is 50.1 Å². The topological polar surface area (TPSA) is 40.5 Å². The summed E-state index contributed by atoms with van der Waals surface area (Å²) in [6.07, 6.45) is 6.53. The molecule has 0 bridgehead atoms. The largest absolute Gasteiger partial charge is 0.481 e. The number of carbonyl (C=O) groups is 1. The second kappa shape index (κ2) is 9.26. The Hall–Kier alpha value is -1.29. The third-order valence-corrected chi connectivity index (χ3v) is 5.44. The minimum absolute atomic E-state index is 0.104. The van der Waals surface area contributed by atoms with Crippen molar-refractivity contribution in [2.45, 2.75) is 57.2 Å². The first kappa shape index (κ1) is 19.0. The van der Waals surface area contributed by atoms with E-state index in [0.717, 1.165) is 58.2 Å². The molecular weight excluding hydrogens is 297 g/mol. The number of rotatable bonds is 9. The average Bonchev–Trinajstić information content (AvgIpc) is 2.61. The summed E-state index contributed by atoms with van der Waals surface area (Å²) in [7, 11) is 6.31. The number of benzene rings is 1. The normalized spacial score (nSPS) is 19.0. The van der Waals surface area contributed by atoms with Crippen molar-refractivity contribution in [2.75, 3.05) is 19.6 Å². The maximum atomic E-state index is 11.7. The zero-order valence-corrected chi connectivity index (χ0v) is 14.9. The van der Waals surface area contributed by atoms with E-state index < -0.39 is 11.3 Å². The lowest BCUT2D eigenvalue weighted by atomic mass is 9.56. The summed E-state index contributed by atoms with van der Waals surface area (Å²) in [5, 5.41) is 8.57. The molecule has 1 saturated heterocycles. The van der Waals surface area contributed by atoms with Crippen molar-refractivity contribution in [2.24, 2.45) is 5.92 Å². The zero-order chi connectivity index (χ0) is 17.4. The highest BCUT2D eigenvalue weighted by Crippen LogP contribution is 2.43. The second-order valence-corrected chi connectivity index (χ2v) is 7.15. The van der Waals surface area contributed by atoms with Crippen molar-refractivity contribution in [1.29, 1.82) is 0 Å². The van der Waals surface area contributed by atoms with E-state index in [1.807, 2.05) is 6.07 Å². The molecule has 3 nitrogen and oxygen atoms in total. The Morgan fingerprint density at radius 2 is 1.92 bits per heavy atom. The molecule has 0 spiro atoms. The average molecular weight is 327 g/mol. The van der Waals surface area contributed by atoms with E-state index in [9.17, 15) is 9.90 Å².